The molecule has 2 amide bonds. The third-order valence-electron chi connectivity index (χ3n) is 5.72. The van der Waals surface area contributed by atoms with Gasteiger partial charge in [0.25, 0.3) is 5.91 Å². The molecule has 9 heteroatoms. The van der Waals surface area contributed by atoms with Crippen LogP contribution >= 0.6 is 11.6 Å². The second-order valence-corrected chi connectivity index (χ2v) is 8.51. The highest BCUT2D eigenvalue weighted by molar-refractivity contribution is 6.31. The van der Waals surface area contributed by atoms with Crippen molar-refractivity contribution in [3.05, 3.63) is 39.2 Å². The van der Waals surface area contributed by atoms with Gasteiger partial charge in [0.15, 0.2) is 6.61 Å². The van der Waals surface area contributed by atoms with Crippen molar-refractivity contribution in [1.29, 1.82) is 0 Å². The number of rotatable bonds is 7. The van der Waals surface area contributed by atoms with Gasteiger partial charge < -0.3 is 24.9 Å². The SMILES string of the molecule is Cc1c(Cl)c(=O)oc2cc(OCC(=O)NC(CO)C(=O)NC3CCCCCCC3)ccc12. The summed E-state index contributed by atoms with van der Waals surface area (Å²) in [5.74, 6) is -0.631. The summed E-state index contributed by atoms with van der Waals surface area (Å²) < 4.78 is 10.6. The van der Waals surface area contributed by atoms with E-state index in [0.717, 1.165) is 38.5 Å². The van der Waals surface area contributed by atoms with Crippen LogP contribution < -0.4 is 21.0 Å². The van der Waals surface area contributed by atoms with Crippen molar-refractivity contribution in [3.63, 3.8) is 0 Å². The van der Waals surface area contributed by atoms with Crippen molar-refractivity contribution in [2.45, 2.75) is 64.0 Å². The molecule has 0 spiro atoms. The molecule has 1 aromatic carbocycles. The van der Waals surface area contributed by atoms with E-state index in [2.05, 4.69) is 10.6 Å². The maximum atomic E-state index is 12.5. The number of carbonyl (C=O) groups excluding carboxylic acids is 2. The van der Waals surface area contributed by atoms with Crippen LogP contribution in [-0.4, -0.2) is 42.2 Å². The van der Waals surface area contributed by atoms with Crippen LogP contribution in [0.1, 0.15) is 50.5 Å². The number of amides is 2. The van der Waals surface area contributed by atoms with Crippen LogP contribution in [0.2, 0.25) is 5.02 Å². The average molecular weight is 465 g/mol. The molecule has 1 aliphatic carbocycles. The van der Waals surface area contributed by atoms with Crippen molar-refractivity contribution < 1.29 is 23.8 Å². The summed E-state index contributed by atoms with van der Waals surface area (Å²) in [7, 11) is 0. The molecule has 3 rings (SSSR count). The Kier molecular flexibility index (Phi) is 8.53. The molecule has 0 saturated heterocycles. The Morgan fingerprint density at radius 3 is 2.59 bits per heavy atom. The zero-order valence-corrected chi connectivity index (χ0v) is 18.9. The number of benzene rings is 1. The summed E-state index contributed by atoms with van der Waals surface area (Å²) in [5, 5.41) is 15.7. The number of ether oxygens (including phenoxy) is 1. The van der Waals surface area contributed by atoms with Crippen LogP contribution in [0.15, 0.2) is 27.4 Å². The Bertz CT molecular complexity index is 1010. The largest absolute Gasteiger partial charge is 0.484 e. The first-order chi connectivity index (χ1) is 15.4. The molecule has 1 aromatic heterocycles. The summed E-state index contributed by atoms with van der Waals surface area (Å²) in [4.78, 5) is 36.6. The molecule has 8 nitrogen and oxygen atoms in total. The van der Waals surface area contributed by atoms with Crippen LogP contribution in [0, 0.1) is 6.92 Å². The molecule has 2 aromatic rings. The monoisotopic (exact) mass is 464 g/mol. The fourth-order valence-corrected chi connectivity index (χ4v) is 4.02. The maximum Gasteiger partial charge on any atom is 0.355 e. The van der Waals surface area contributed by atoms with E-state index in [1.54, 1.807) is 19.1 Å². The molecule has 1 aliphatic rings. The molecular weight excluding hydrogens is 436 g/mol. The predicted molar refractivity (Wildman–Crippen MR) is 121 cm³/mol. The summed E-state index contributed by atoms with van der Waals surface area (Å²) in [6, 6.07) is 3.83. The lowest BCUT2D eigenvalue weighted by Crippen LogP contribution is -2.52. The summed E-state index contributed by atoms with van der Waals surface area (Å²) in [5.41, 5.74) is 0.248. The number of hydrogen-bond donors (Lipinski definition) is 3. The number of fused-ring (bicyclic) bond motifs is 1. The van der Waals surface area contributed by atoms with Gasteiger partial charge in [0, 0.05) is 17.5 Å². The molecule has 0 bridgehead atoms. The highest BCUT2D eigenvalue weighted by Crippen LogP contribution is 2.25. The van der Waals surface area contributed by atoms with Gasteiger partial charge in [0.1, 0.15) is 22.4 Å². The number of aliphatic hydroxyl groups is 1. The van der Waals surface area contributed by atoms with Gasteiger partial charge in [0.05, 0.1) is 6.61 Å². The molecule has 1 saturated carbocycles. The van der Waals surface area contributed by atoms with E-state index in [1.807, 2.05) is 0 Å². The van der Waals surface area contributed by atoms with Crippen LogP contribution in [0.5, 0.6) is 5.75 Å². The van der Waals surface area contributed by atoms with E-state index in [9.17, 15) is 19.5 Å². The molecule has 1 heterocycles. The van der Waals surface area contributed by atoms with E-state index in [4.69, 9.17) is 20.8 Å². The van der Waals surface area contributed by atoms with Gasteiger partial charge in [-0.3, -0.25) is 9.59 Å². The van der Waals surface area contributed by atoms with Crippen molar-refractivity contribution in [2.75, 3.05) is 13.2 Å². The Labute approximate surface area is 191 Å². The molecule has 0 radical (unpaired) electrons. The fraction of sp³-hybridized carbons (Fsp3) is 0.522. The number of hydrogen-bond acceptors (Lipinski definition) is 6. The number of aryl methyl sites for hydroxylation is 1. The van der Waals surface area contributed by atoms with Crippen molar-refractivity contribution >= 4 is 34.4 Å². The third kappa shape index (κ3) is 6.23. The van der Waals surface area contributed by atoms with Gasteiger partial charge in [-0.15, -0.1) is 0 Å². The average Bonchev–Trinajstić information content (AvgIpc) is 2.76. The fourth-order valence-electron chi connectivity index (χ4n) is 3.88. The van der Waals surface area contributed by atoms with Gasteiger partial charge >= 0.3 is 5.63 Å². The molecule has 0 aliphatic heterocycles. The minimum Gasteiger partial charge on any atom is -0.484 e. The van der Waals surface area contributed by atoms with Gasteiger partial charge in [-0.2, -0.15) is 0 Å². The molecular formula is C23H29ClN2O6. The van der Waals surface area contributed by atoms with E-state index >= 15 is 0 Å². The maximum absolute atomic E-state index is 12.5. The molecule has 1 unspecified atom stereocenters. The standard InChI is InChI=1S/C23H29ClN2O6/c1-14-17-10-9-16(11-19(17)32-23(30)21(14)24)31-13-20(28)26-18(12-27)22(29)25-15-7-5-3-2-4-6-8-15/h9-11,15,18,27H,2-8,12-13H2,1H3,(H,25,29)(H,26,28). The number of carbonyl (C=O) groups is 2. The molecule has 174 valence electrons. The zero-order chi connectivity index (χ0) is 23.1. The quantitative estimate of drug-likeness (QED) is 0.542. The van der Waals surface area contributed by atoms with Crippen LogP contribution in [-0.2, 0) is 9.59 Å². The first-order valence-corrected chi connectivity index (χ1v) is 11.3. The van der Waals surface area contributed by atoms with Crippen LogP contribution in [0.25, 0.3) is 11.0 Å². The van der Waals surface area contributed by atoms with Gasteiger partial charge in [-0.1, -0.05) is 43.7 Å². The van der Waals surface area contributed by atoms with E-state index in [0.29, 0.717) is 22.3 Å². The molecule has 1 atom stereocenters. The molecule has 1 fully saturated rings. The minimum absolute atomic E-state index is 0.0262. The Morgan fingerprint density at radius 2 is 1.91 bits per heavy atom. The number of halogens is 1. The first-order valence-electron chi connectivity index (χ1n) is 11.0. The van der Waals surface area contributed by atoms with E-state index in [1.165, 1.54) is 12.5 Å². The predicted octanol–water partition coefficient (Wildman–Crippen LogP) is 2.84. The zero-order valence-electron chi connectivity index (χ0n) is 18.1. The second kappa shape index (κ2) is 11.3. The van der Waals surface area contributed by atoms with Crippen molar-refractivity contribution in [2.24, 2.45) is 0 Å². The van der Waals surface area contributed by atoms with Gasteiger partial charge in [-0.05, 0) is 37.5 Å². The first kappa shape index (κ1) is 24.1. The molecule has 3 N–H and O–H groups in total. The summed E-state index contributed by atoms with van der Waals surface area (Å²) >= 11 is 5.92. The van der Waals surface area contributed by atoms with Gasteiger partial charge in [-0.25, -0.2) is 4.79 Å². The smallest absolute Gasteiger partial charge is 0.355 e. The Morgan fingerprint density at radius 1 is 1.22 bits per heavy atom. The Balaban J connectivity index is 1.55. The number of nitrogens with one attached hydrogen (secondary N) is 2. The minimum atomic E-state index is -1.05. The normalized spacial score (nSPS) is 16.1. The highest BCUT2D eigenvalue weighted by Gasteiger charge is 2.23. The van der Waals surface area contributed by atoms with Crippen LogP contribution in [0.4, 0.5) is 0 Å². The lowest BCUT2D eigenvalue weighted by atomic mass is 9.96. The van der Waals surface area contributed by atoms with E-state index in [-0.39, 0.29) is 17.7 Å². The lowest BCUT2D eigenvalue weighted by molar-refractivity contribution is -0.131. The van der Waals surface area contributed by atoms with Crippen molar-refractivity contribution in [1.82, 2.24) is 10.6 Å². The van der Waals surface area contributed by atoms with Gasteiger partial charge in [0.2, 0.25) is 5.91 Å². The third-order valence-corrected chi connectivity index (χ3v) is 6.16. The Hall–Kier alpha value is -2.58. The molecule has 32 heavy (non-hydrogen) atoms. The topological polar surface area (TPSA) is 118 Å². The van der Waals surface area contributed by atoms with Crippen molar-refractivity contribution in [3.8, 4) is 5.75 Å². The summed E-state index contributed by atoms with van der Waals surface area (Å²) in [6.07, 6.45) is 7.49. The lowest BCUT2D eigenvalue weighted by Gasteiger charge is -2.24. The number of aliphatic hydroxyl groups excluding tert-OH is 1. The van der Waals surface area contributed by atoms with Crippen LogP contribution in [0.3, 0.4) is 0 Å². The second-order valence-electron chi connectivity index (χ2n) is 8.13. The van der Waals surface area contributed by atoms with E-state index < -0.39 is 30.1 Å². The highest BCUT2D eigenvalue weighted by atomic mass is 35.5. The summed E-state index contributed by atoms with van der Waals surface area (Å²) in [6.45, 7) is 0.841.